The van der Waals surface area contributed by atoms with Gasteiger partial charge in [0.1, 0.15) is 5.82 Å². The van der Waals surface area contributed by atoms with Crippen molar-refractivity contribution in [2.45, 2.75) is 32.9 Å². The van der Waals surface area contributed by atoms with Crippen LogP contribution in [0, 0.1) is 5.82 Å². The van der Waals surface area contributed by atoms with Gasteiger partial charge in [-0.25, -0.2) is 4.39 Å². The number of nitrogens with two attached hydrogens (primary N) is 1. The van der Waals surface area contributed by atoms with Gasteiger partial charge in [0.15, 0.2) is 0 Å². The number of likely N-dealkylation sites (N-methyl/N-ethyl adjacent to an activating group) is 2. The van der Waals surface area contributed by atoms with Crippen LogP contribution in [0.15, 0.2) is 24.3 Å². The van der Waals surface area contributed by atoms with Crippen LogP contribution in [0.3, 0.4) is 0 Å². The minimum atomic E-state index is -0.290. The lowest BCUT2D eigenvalue weighted by atomic mass is 9.99. The molecular formula is C15H24FN3O. The molecule has 1 aromatic rings. The zero-order valence-electron chi connectivity index (χ0n) is 12.4. The number of halogens is 1. The molecular weight excluding hydrogens is 257 g/mol. The fraction of sp³-hybridized carbons (Fsp3) is 0.533. The van der Waals surface area contributed by atoms with E-state index in [0.717, 1.165) is 5.56 Å². The maximum absolute atomic E-state index is 13.4. The van der Waals surface area contributed by atoms with Gasteiger partial charge in [-0.15, -0.1) is 0 Å². The van der Waals surface area contributed by atoms with Crippen LogP contribution in [0.5, 0.6) is 0 Å². The van der Waals surface area contributed by atoms with E-state index in [1.165, 1.54) is 12.1 Å². The third-order valence-corrected chi connectivity index (χ3v) is 3.21. The molecule has 112 valence electrons. The molecule has 1 amide bonds. The van der Waals surface area contributed by atoms with Crippen LogP contribution in [-0.2, 0) is 4.79 Å². The lowest BCUT2D eigenvalue weighted by Gasteiger charge is -2.33. The molecule has 0 aliphatic rings. The predicted octanol–water partition coefficient (Wildman–Crippen LogP) is 1.67. The zero-order chi connectivity index (χ0) is 15.1. The molecule has 20 heavy (non-hydrogen) atoms. The molecule has 2 unspecified atom stereocenters. The zero-order valence-corrected chi connectivity index (χ0v) is 12.4. The fourth-order valence-corrected chi connectivity index (χ4v) is 2.38. The van der Waals surface area contributed by atoms with E-state index in [1.54, 1.807) is 6.07 Å². The number of hydrogen-bond donors (Lipinski definition) is 2. The molecule has 3 N–H and O–H groups in total. The Kier molecular flexibility index (Phi) is 6.61. The van der Waals surface area contributed by atoms with Gasteiger partial charge in [0.25, 0.3) is 0 Å². The van der Waals surface area contributed by atoms with Crippen LogP contribution in [0.2, 0.25) is 0 Å². The van der Waals surface area contributed by atoms with Crippen LogP contribution in [0.25, 0.3) is 0 Å². The second-order valence-electron chi connectivity index (χ2n) is 4.88. The Hall–Kier alpha value is -1.46. The summed E-state index contributed by atoms with van der Waals surface area (Å²) in [5, 5.41) is 2.77. The molecule has 0 radical (unpaired) electrons. The molecule has 0 saturated heterocycles. The van der Waals surface area contributed by atoms with E-state index >= 15 is 0 Å². The highest BCUT2D eigenvalue weighted by Crippen LogP contribution is 2.23. The highest BCUT2D eigenvalue weighted by molar-refractivity contribution is 5.78. The van der Waals surface area contributed by atoms with E-state index in [0.29, 0.717) is 13.1 Å². The van der Waals surface area contributed by atoms with Crippen LogP contribution in [-0.4, -0.2) is 36.5 Å². The first kappa shape index (κ1) is 16.6. The van der Waals surface area contributed by atoms with Gasteiger partial charge in [-0.1, -0.05) is 19.1 Å². The largest absolute Gasteiger partial charge is 0.355 e. The smallest absolute Gasteiger partial charge is 0.234 e. The van der Waals surface area contributed by atoms with Gasteiger partial charge in [-0.05, 0) is 38.1 Å². The molecule has 0 fully saturated rings. The van der Waals surface area contributed by atoms with Crippen molar-refractivity contribution >= 4 is 5.91 Å². The van der Waals surface area contributed by atoms with Gasteiger partial charge >= 0.3 is 0 Å². The van der Waals surface area contributed by atoms with Crippen LogP contribution < -0.4 is 11.1 Å². The second kappa shape index (κ2) is 7.97. The molecule has 0 aromatic heterocycles. The SMILES string of the molecule is CCNC(=O)CN(CC)C(c1cccc(F)c1)C(C)N. The third kappa shape index (κ3) is 4.58. The third-order valence-electron chi connectivity index (χ3n) is 3.21. The van der Waals surface area contributed by atoms with Gasteiger partial charge in [-0.2, -0.15) is 0 Å². The lowest BCUT2D eigenvalue weighted by molar-refractivity contribution is -0.122. The standard InChI is InChI=1S/C15H24FN3O/c1-4-18-14(20)10-19(5-2)15(11(3)17)12-7-6-8-13(16)9-12/h6-9,11,15H,4-5,10,17H2,1-3H3,(H,18,20). The van der Waals surface area contributed by atoms with Crippen molar-refractivity contribution in [2.75, 3.05) is 19.6 Å². The van der Waals surface area contributed by atoms with E-state index in [9.17, 15) is 9.18 Å². The molecule has 2 atom stereocenters. The first-order valence-electron chi connectivity index (χ1n) is 7.01. The molecule has 0 aliphatic heterocycles. The number of carbonyl (C=O) groups excluding carboxylic acids is 1. The highest BCUT2D eigenvalue weighted by Gasteiger charge is 2.24. The summed E-state index contributed by atoms with van der Waals surface area (Å²) in [4.78, 5) is 13.7. The monoisotopic (exact) mass is 281 g/mol. The Bertz CT molecular complexity index is 437. The van der Waals surface area contributed by atoms with Gasteiger partial charge in [0, 0.05) is 12.6 Å². The Morgan fingerprint density at radius 1 is 1.45 bits per heavy atom. The minimum Gasteiger partial charge on any atom is -0.355 e. The number of nitrogens with one attached hydrogen (secondary N) is 1. The van der Waals surface area contributed by atoms with Crippen LogP contribution >= 0.6 is 0 Å². The number of nitrogens with zero attached hydrogens (tertiary/aromatic N) is 1. The van der Waals surface area contributed by atoms with Crippen molar-refractivity contribution < 1.29 is 9.18 Å². The van der Waals surface area contributed by atoms with E-state index in [-0.39, 0.29) is 30.4 Å². The molecule has 0 heterocycles. The maximum Gasteiger partial charge on any atom is 0.234 e. The van der Waals surface area contributed by atoms with Crippen molar-refractivity contribution in [3.05, 3.63) is 35.6 Å². The average molecular weight is 281 g/mol. The second-order valence-corrected chi connectivity index (χ2v) is 4.88. The van der Waals surface area contributed by atoms with Gasteiger partial charge in [-0.3, -0.25) is 9.69 Å². The van der Waals surface area contributed by atoms with Crippen molar-refractivity contribution in [3.8, 4) is 0 Å². The molecule has 0 aliphatic carbocycles. The summed E-state index contributed by atoms with van der Waals surface area (Å²) in [6.45, 7) is 7.24. The van der Waals surface area contributed by atoms with Crippen LogP contribution in [0.1, 0.15) is 32.4 Å². The number of rotatable bonds is 7. The predicted molar refractivity (Wildman–Crippen MR) is 78.7 cm³/mol. The lowest BCUT2D eigenvalue weighted by Crippen LogP contribution is -2.44. The number of hydrogen-bond acceptors (Lipinski definition) is 3. The Balaban J connectivity index is 2.95. The molecule has 0 saturated carbocycles. The summed E-state index contributed by atoms with van der Waals surface area (Å²) < 4.78 is 13.4. The van der Waals surface area contributed by atoms with Crippen molar-refractivity contribution in [1.29, 1.82) is 0 Å². The van der Waals surface area contributed by atoms with Gasteiger partial charge < -0.3 is 11.1 Å². The van der Waals surface area contributed by atoms with Crippen molar-refractivity contribution in [2.24, 2.45) is 5.73 Å². The van der Waals surface area contributed by atoms with Crippen LogP contribution in [0.4, 0.5) is 4.39 Å². The Morgan fingerprint density at radius 2 is 2.15 bits per heavy atom. The molecule has 5 heteroatoms. The first-order chi connectivity index (χ1) is 9.49. The number of amides is 1. The van der Waals surface area contributed by atoms with E-state index in [1.807, 2.05) is 31.7 Å². The quantitative estimate of drug-likeness (QED) is 0.799. The average Bonchev–Trinajstić information content (AvgIpc) is 2.37. The summed E-state index contributed by atoms with van der Waals surface area (Å²) in [6, 6.07) is 6.01. The molecule has 4 nitrogen and oxygen atoms in total. The maximum atomic E-state index is 13.4. The summed E-state index contributed by atoms with van der Waals surface area (Å²) in [5.74, 6) is -0.335. The number of benzene rings is 1. The summed E-state index contributed by atoms with van der Waals surface area (Å²) in [5.41, 5.74) is 6.85. The molecule has 1 rings (SSSR count). The molecule has 0 spiro atoms. The fourth-order valence-electron chi connectivity index (χ4n) is 2.38. The van der Waals surface area contributed by atoms with E-state index < -0.39 is 0 Å². The first-order valence-corrected chi connectivity index (χ1v) is 7.01. The highest BCUT2D eigenvalue weighted by atomic mass is 19.1. The van der Waals surface area contributed by atoms with Gasteiger partial charge in [0.2, 0.25) is 5.91 Å². The van der Waals surface area contributed by atoms with Gasteiger partial charge in [0.05, 0.1) is 12.6 Å². The molecule has 1 aromatic carbocycles. The van der Waals surface area contributed by atoms with E-state index in [2.05, 4.69) is 5.32 Å². The van der Waals surface area contributed by atoms with Crippen molar-refractivity contribution in [1.82, 2.24) is 10.2 Å². The summed E-state index contributed by atoms with van der Waals surface area (Å²) in [7, 11) is 0. The molecule has 0 bridgehead atoms. The Morgan fingerprint density at radius 3 is 2.65 bits per heavy atom. The summed E-state index contributed by atoms with van der Waals surface area (Å²) in [6.07, 6.45) is 0. The van der Waals surface area contributed by atoms with Crippen molar-refractivity contribution in [3.63, 3.8) is 0 Å². The Labute approximate surface area is 120 Å². The topological polar surface area (TPSA) is 58.4 Å². The normalized spacial score (nSPS) is 14.1. The van der Waals surface area contributed by atoms with E-state index in [4.69, 9.17) is 5.73 Å². The minimum absolute atomic E-state index is 0.0450. The number of carbonyl (C=O) groups is 1. The summed E-state index contributed by atoms with van der Waals surface area (Å²) >= 11 is 0.